The standard InChI is InChI=1S/C5H4S3/c1-3-4(6)2-5(7)8-3/h1-2H2. The van der Waals surface area contributed by atoms with Crippen molar-refractivity contribution in [1.82, 2.24) is 0 Å². The van der Waals surface area contributed by atoms with Gasteiger partial charge in [-0.2, -0.15) is 0 Å². The summed E-state index contributed by atoms with van der Waals surface area (Å²) in [6, 6.07) is 0. The molecule has 0 bridgehead atoms. The fraction of sp³-hybridized carbons (Fsp3) is 0.200. The Morgan fingerprint density at radius 1 is 1.50 bits per heavy atom. The van der Waals surface area contributed by atoms with Crippen molar-refractivity contribution in [2.24, 2.45) is 0 Å². The summed E-state index contributed by atoms with van der Waals surface area (Å²) in [5, 5.41) is 0. The predicted octanol–water partition coefficient (Wildman–Crippen LogP) is 2.33. The lowest BCUT2D eigenvalue weighted by Gasteiger charge is -1.82. The zero-order valence-electron chi connectivity index (χ0n) is 4.14. The smallest absolute Gasteiger partial charge is 0.0579 e. The van der Waals surface area contributed by atoms with Gasteiger partial charge in [0.15, 0.2) is 0 Å². The maximum atomic E-state index is 4.91. The van der Waals surface area contributed by atoms with E-state index >= 15 is 0 Å². The summed E-state index contributed by atoms with van der Waals surface area (Å²) in [5.74, 6) is 0. The Kier molecular flexibility index (Phi) is 1.80. The Labute approximate surface area is 63.3 Å². The van der Waals surface area contributed by atoms with Gasteiger partial charge in [-0.1, -0.05) is 42.8 Å². The van der Waals surface area contributed by atoms with Crippen LogP contribution in [0.15, 0.2) is 11.5 Å². The second-order valence-electron chi connectivity index (χ2n) is 1.50. The van der Waals surface area contributed by atoms with Gasteiger partial charge in [-0.3, -0.25) is 0 Å². The molecule has 1 fully saturated rings. The summed E-state index contributed by atoms with van der Waals surface area (Å²) < 4.78 is 0.958. The highest BCUT2D eigenvalue weighted by Gasteiger charge is 2.16. The zero-order valence-corrected chi connectivity index (χ0v) is 6.59. The second-order valence-corrected chi connectivity index (χ2v) is 3.93. The molecule has 0 aromatic rings. The lowest BCUT2D eigenvalue weighted by atomic mass is 10.3. The molecular weight excluding hydrogens is 156 g/mol. The third kappa shape index (κ3) is 1.16. The molecule has 1 saturated heterocycles. The van der Waals surface area contributed by atoms with E-state index in [0.29, 0.717) is 0 Å². The van der Waals surface area contributed by atoms with Crippen LogP contribution in [0.25, 0.3) is 0 Å². The van der Waals surface area contributed by atoms with Crippen LogP contribution in [0, 0.1) is 0 Å². The highest BCUT2D eigenvalue weighted by Crippen LogP contribution is 2.29. The maximum Gasteiger partial charge on any atom is 0.0579 e. The van der Waals surface area contributed by atoms with E-state index < -0.39 is 0 Å². The van der Waals surface area contributed by atoms with E-state index in [1.54, 1.807) is 0 Å². The summed E-state index contributed by atoms with van der Waals surface area (Å²) in [6.07, 6.45) is 0.786. The van der Waals surface area contributed by atoms with E-state index in [4.69, 9.17) is 24.4 Å². The number of hydrogen-bond acceptors (Lipinski definition) is 3. The van der Waals surface area contributed by atoms with E-state index in [1.165, 1.54) is 11.8 Å². The molecule has 1 aliphatic heterocycles. The summed E-state index contributed by atoms with van der Waals surface area (Å²) in [5.41, 5.74) is 0. The van der Waals surface area contributed by atoms with E-state index in [2.05, 4.69) is 6.58 Å². The van der Waals surface area contributed by atoms with Gasteiger partial charge >= 0.3 is 0 Å². The van der Waals surface area contributed by atoms with Crippen molar-refractivity contribution in [3.8, 4) is 0 Å². The van der Waals surface area contributed by atoms with Crippen molar-refractivity contribution in [2.45, 2.75) is 6.42 Å². The van der Waals surface area contributed by atoms with E-state index in [9.17, 15) is 0 Å². The van der Waals surface area contributed by atoms with Crippen LogP contribution in [-0.2, 0) is 0 Å². The molecule has 0 aromatic carbocycles. The molecule has 1 rings (SSSR count). The van der Waals surface area contributed by atoms with Gasteiger partial charge < -0.3 is 0 Å². The molecule has 0 N–H and O–H groups in total. The Morgan fingerprint density at radius 2 is 2.12 bits per heavy atom. The van der Waals surface area contributed by atoms with E-state index in [-0.39, 0.29) is 0 Å². The van der Waals surface area contributed by atoms with Crippen LogP contribution < -0.4 is 0 Å². The van der Waals surface area contributed by atoms with Gasteiger partial charge in [0.05, 0.1) is 4.20 Å². The van der Waals surface area contributed by atoms with Gasteiger partial charge in [-0.25, -0.2) is 0 Å². The molecule has 42 valence electrons. The SMILES string of the molecule is C=C1SC(=S)CC1=S. The quantitative estimate of drug-likeness (QED) is 0.394. The summed E-state index contributed by atoms with van der Waals surface area (Å²) in [4.78, 5) is 1.88. The molecule has 0 saturated carbocycles. The van der Waals surface area contributed by atoms with Crippen LogP contribution in [-0.4, -0.2) is 9.06 Å². The first-order chi connectivity index (χ1) is 3.70. The van der Waals surface area contributed by atoms with Crippen LogP contribution in [0.4, 0.5) is 0 Å². The van der Waals surface area contributed by atoms with Crippen molar-refractivity contribution >= 4 is 45.3 Å². The van der Waals surface area contributed by atoms with Crippen molar-refractivity contribution in [2.75, 3.05) is 0 Å². The Hall–Kier alpha value is 0.270. The molecule has 1 heterocycles. The molecule has 0 aromatic heterocycles. The first-order valence-electron chi connectivity index (χ1n) is 2.13. The monoisotopic (exact) mass is 160 g/mol. The fourth-order valence-corrected chi connectivity index (χ4v) is 2.04. The molecule has 0 nitrogen and oxygen atoms in total. The number of thiocarbonyl (C=S) groups is 2. The van der Waals surface area contributed by atoms with Crippen molar-refractivity contribution in [3.63, 3.8) is 0 Å². The molecule has 8 heavy (non-hydrogen) atoms. The molecule has 0 spiro atoms. The van der Waals surface area contributed by atoms with Crippen LogP contribution in [0.2, 0.25) is 0 Å². The van der Waals surface area contributed by atoms with E-state index in [1.807, 2.05) is 0 Å². The predicted molar refractivity (Wildman–Crippen MR) is 46.5 cm³/mol. The highest BCUT2D eigenvalue weighted by molar-refractivity contribution is 8.27. The van der Waals surface area contributed by atoms with Gasteiger partial charge in [0.2, 0.25) is 0 Å². The Morgan fingerprint density at radius 3 is 2.25 bits per heavy atom. The molecule has 0 unspecified atom stereocenters. The fourth-order valence-electron chi connectivity index (χ4n) is 0.460. The summed E-state index contributed by atoms with van der Waals surface area (Å²) in [7, 11) is 0. The first-order valence-corrected chi connectivity index (χ1v) is 3.76. The molecule has 0 aliphatic carbocycles. The molecule has 0 atom stereocenters. The van der Waals surface area contributed by atoms with Gasteiger partial charge in [-0.15, -0.1) is 0 Å². The van der Waals surface area contributed by atoms with Crippen molar-refractivity contribution in [1.29, 1.82) is 0 Å². The lowest BCUT2D eigenvalue weighted by molar-refractivity contribution is 1.78. The van der Waals surface area contributed by atoms with Crippen LogP contribution in [0.3, 0.4) is 0 Å². The summed E-state index contributed by atoms with van der Waals surface area (Å²) >= 11 is 11.3. The van der Waals surface area contributed by atoms with Gasteiger partial charge in [0.1, 0.15) is 0 Å². The molecule has 3 heteroatoms. The second kappa shape index (κ2) is 2.25. The maximum absolute atomic E-state index is 4.91. The van der Waals surface area contributed by atoms with Gasteiger partial charge in [-0.05, 0) is 0 Å². The minimum atomic E-state index is 0.786. The molecular formula is C5H4S3. The van der Waals surface area contributed by atoms with Gasteiger partial charge in [0, 0.05) is 16.2 Å². The lowest BCUT2D eigenvalue weighted by Crippen LogP contribution is -1.84. The highest BCUT2D eigenvalue weighted by atomic mass is 32.2. The van der Waals surface area contributed by atoms with Crippen LogP contribution >= 0.6 is 36.2 Å². The normalized spacial score (nSPS) is 20.2. The average Bonchev–Trinajstić information content (AvgIpc) is 1.85. The number of rotatable bonds is 0. The largest absolute Gasteiger partial charge is 0.0838 e. The van der Waals surface area contributed by atoms with E-state index in [0.717, 1.165) is 20.4 Å². The Balaban J connectivity index is 2.79. The minimum absolute atomic E-state index is 0.786. The first kappa shape index (κ1) is 6.39. The van der Waals surface area contributed by atoms with Crippen molar-refractivity contribution in [3.05, 3.63) is 11.5 Å². The molecule has 0 amide bonds. The average molecular weight is 160 g/mol. The van der Waals surface area contributed by atoms with Crippen LogP contribution in [0.1, 0.15) is 6.42 Å². The minimum Gasteiger partial charge on any atom is -0.0838 e. The third-order valence-electron chi connectivity index (χ3n) is 0.853. The Bertz CT molecular complexity index is 151. The zero-order chi connectivity index (χ0) is 6.15. The molecule has 0 radical (unpaired) electrons. The third-order valence-corrected chi connectivity index (χ3v) is 2.63. The number of allylic oxidation sites excluding steroid dienone is 1. The summed E-state index contributed by atoms with van der Waals surface area (Å²) in [6.45, 7) is 3.72. The van der Waals surface area contributed by atoms with Crippen LogP contribution in [0.5, 0.6) is 0 Å². The topological polar surface area (TPSA) is 0 Å². The van der Waals surface area contributed by atoms with Gasteiger partial charge in [0.25, 0.3) is 0 Å². The number of thioether (sulfide) groups is 1. The number of hydrogen-bond donors (Lipinski definition) is 0. The van der Waals surface area contributed by atoms with Crippen molar-refractivity contribution < 1.29 is 0 Å². The molecule has 1 aliphatic rings.